The summed E-state index contributed by atoms with van der Waals surface area (Å²) >= 11 is 0. The minimum absolute atomic E-state index is 0.0263. The molecule has 2 aliphatic carbocycles. The summed E-state index contributed by atoms with van der Waals surface area (Å²) in [6.07, 6.45) is 1.92. The van der Waals surface area contributed by atoms with Crippen LogP contribution in [0.2, 0.25) is 0 Å². The molecule has 0 unspecified atom stereocenters. The Hall–Kier alpha value is -3.25. The zero-order valence-electron chi connectivity index (χ0n) is 19.6. The fourth-order valence-electron chi connectivity index (χ4n) is 4.28. The molecule has 6 rings (SSSR count). The maximum atomic E-state index is 15.1. The smallest absolute Gasteiger partial charge is 0.408 e. The van der Waals surface area contributed by atoms with Gasteiger partial charge in [-0.3, -0.25) is 5.10 Å². The number of methoxy groups -OCH3 is 1. The van der Waals surface area contributed by atoms with E-state index < -0.39 is 24.5 Å². The monoisotopic (exact) mass is 485 g/mol. The molecule has 0 aromatic carbocycles. The van der Waals surface area contributed by atoms with Crippen molar-refractivity contribution in [2.75, 3.05) is 19.0 Å². The van der Waals surface area contributed by atoms with E-state index in [4.69, 9.17) is 19.2 Å². The average molecular weight is 486 g/mol. The highest BCUT2D eigenvalue weighted by molar-refractivity contribution is 5.73. The minimum Gasteiger partial charge on any atom is -0.441 e. The van der Waals surface area contributed by atoms with Crippen LogP contribution in [0, 0.1) is 0 Å². The van der Waals surface area contributed by atoms with Crippen molar-refractivity contribution in [3.8, 4) is 0 Å². The molecule has 4 heterocycles. The number of H-pyrrole nitrogens is 1. The number of hydrogen-bond donors (Lipinski definition) is 3. The van der Waals surface area contributed by atoms with Crippen molar-refractivity contribution < 1.29 is 23.4 Å². The average Bonchev–Trinajstić information content (AvgIpc) is 3.66. The van der Waals surface area contributed by atoms with Gasteiger partial charge in [0.1, 0.15) is 11.6 Å². The van der Waals surface area contributed by atoms with Crippen LogP contribution in [0.4, 0.5) is 20.8 Å². The van der Waals surface area contributed by atoms with Gasteiger partial charge in [0, 0.05) is 24.6 Å². The van der Waals surface area contributed by atoms with Crippen molar-refractivity contribution in [1.29, 1.82) is 0 Å². The van der Waals surface area contributed by atoms with Gasteiger partial charge >= 0.3 is 6.09 Å². The third-order valence-corrected chi connectivity index (χ3v) is 6.71. The van der Waals surface area contributed by atoms with Gasteiger partial charge in [0.2, 0.25) is 0 Å². The number of aromatic amines is 1. The first-order chi connectivity index (χ1) is 16.9. The molecular weight excluding hydrogens is 457 g/mol. The number of nitrogens with one attached hydrogen (secondary N) is 3. The van der Waals surface area contributed by atoms with Crippen molar-refractivity contribution in [2.45, 2.75) is 69.1 Å². The number of alkyl halides is 1. The third-order valence-electron chi connectivity index (χ3n) is 6.71. The van der Waals surface area contributed by atoms with E-state index in [-0.39, 0.29) is 12.1 Å². The first-order valence-electron chi connectivity index (χ1n) is 11.9. The predicted molar refractivity (Wildman–Crippen MR) is 122 cm³/mol. The van der Waals surface area contributed by atoms with Crippen molar-refractivity contribution in [1.82, 2.24) is 30.1 Å². The van der Waals surface area contributed by atoms with E-state index in [1.54, 1.807) is 17.7 Å². The lowest BCUT2D eigenvalue weighted by molar-refractivity contribution is 0.0604. The topological polar surface area (TPSA) is 128 Å². The largest absolute Gasteiger partial charge is 0.441 e. The van der Waals surface area contributed by atoms with Crippen LogP contribution in [0.1, 0.15) is 61.7 Å². The molecule has 1 amide bonds. The van der Waals surface area contributed by atoms with Gasteiger partial charge in [-0.2, -0.15) is 10.2 Å². The molecular formula is C23H28FN7O4. The molecule has 3 atom stereocenters. The second-order valence-corrected chi connectivity index (χ2v) is 9.85. The van der Waals surface area contributed by atoms with E-state index in [2.05, 4.69) is 25.9 Å². The van der Waals surface area contributed by atoms with E-state index in [1.165, 1.54) is 0 Å². The molecule has 3 aliphatic rings. The maximum absolute atomic E-state index is 15.1. The summed E-state index contributed by atoms with van der Waals surface area (Å²) in [5.74, 6) is 1.51. The van der Waals surface area contributed by atoms with Crippen LogP contribution < -0.4 is 10.6 Å². The Morgan fingerprint density at radius 3 is 2.94 bits per heavy atom. The van der Waals surface area contributed by atoms with E-state index in [0.717, 1.165) is 42.6 Å². The molecule has 0 radical (unpaired) electrons. The standard InChI is InChI=1S/C23H28FN7O4/c1-23(5-6-23)27-22(32)35-17-11-34-20(19(17)24)14-8-18(29-28-14)26-21-16-7-13(10-33-2)30-31(16)9-15(25-21)12-3-4-12/h7-9,12,17,19-20H,3-6,10-11H2,1-2H3,(H,27,32)(H2,25,26,28,29)/t17-,19-,20-/m1/s1. The highest BCUT2D eigenvalue weighted by Gasteiger charge is 2.44. The Bertz CT molecular complexity index is 1250. The van der Waals surface area contributed by atoms with Crippen LogP contribution in [0.15, 0.2) is 18.3 Å². The van der Waals surface area contributed by atoms with E-state index in [9.17, 15) is 4.79 Å². The molecule has 3 aromatic rings. The molecule has 12 heteroatoms. The Labute approximate surface area is 200 Å². The lowest BCUT2D eigenvalue weighted by Gasteiger charge is -2.17. The normalized spacial score (nSPS) is 25.1. The molecule has 3 fully saturated rings. The van der Waals surface area contributed by atoms with Gasteiger partial charge in [-0.05, 0) is 38.7 Å². The Morgan fingerprint density at radius 1 is 1.37 bits per heavy atom. The first-order valence-corrected chi connectivity index (χ1v) is 11.9. The lowest BCUT2D eigenvalue weighted by atomic mass is 10.1. The first kappa shape index (κ1) is 22.2. The van der Waals surface area contributed by atoms with Gasteiger partial charge in [-0.1, -0.05) is 0 Å². The van der Waals surface area contributed by atoms with E-state index in [1.807, 2.05) is 19.2 Å². The van der Waals surface area contributed by atoms with Crippen LogP contribution in [-0.4, -0.2) is 62.4 Å². The molecule has 3 aromatic heterocycles. The van der Waals surface area contributed by atoms with Crippen LogP contribution in [0.25, 0.3) is 5.52 Å². The van der Waals surface area contributed by atoms with Crippen LogP contribution in [-0.2, 0) is 20.8 Å². The summed E-state index contributed by atoms with van der Waals surface area (Å²) < 4.78 is 33.0. The number of fused-ring (bicyclic) bond motifs is 1. The fraction of sp³-hybridized carbons (Fsp3) is 0.565. The van der Waals surface area contributed by atoms with Crippen molar-refractivity contribution in [2.24, 2.45) is 0 Å². The molecule has 3 N–H and O–H groups in total. The summed E-state index contributed by atoms with van der Waals surface area (Å²) in [7, 11) is 1.63. The van der Waals surface area contributed by atoms with Gasteiger partial charge < -0.3 is 24.8 Å². The number of carbonyl (C=O) groups excluding carboxylic acids is 1. The SMILES string of the molecule is COCc1cc2c(Nc3cc([C@H]4OC[C@@H](OC(=O)NC5(C)CC5)[C@H]4F)[nH]n3)nc(C3CC3)cn2n1. The molecule has 1 aliphatic heterocycles. The van der Waals surface area contributed by atoms with Crippen molar-refractivity contribution >= 4 is 23.2 Å². The van der Waals surface area contributed by atoms with Crippen molar-refractivity contribution in [3.63, 3.8) is 0 Å². The number of nitrogens with zero attached hydrogens (tertiary/aromatic N) is 4. The van der Waals surface area contributed by atoms with Crippen LogP contribution in [0.5, 0.6) is 0 Å². The number of hydrogen-bond acceptors (Lipinski definition) is 8. The summed E-state index contributed by atoms with van der Waals surface area (Å²) in [4.78, 5) is 16.9. The zero-order valence-corrected chi connectivity index (χ0v) is 19.6. The summed E-state index contributed by atoms with van der Waals surface area (Å²) in [6.45, 7) is 2.30. The van der Waals surface area contributed by atoms with E-state index in [0.29, 0.717) is 29.9 Å². The molecule has 1 saturated heterocycles. The number of rotatable bonds is 8. The summed E-state index contributed by atoms with van der Waals surface area (Å²) in [5, 5.41) is 17.7. The maximum Gasteiger partial charge on any atom is 0.408 e. The van der Waals surface area contributed by atoms with Gasteiger partial charge in [0.05, 0.1) is 36.5 Å². The number of carbonyl (C=O) groups is 1. The molecule has 35 heavy (non-hydrogen) atoms. The quantitative estimate of drug-likeness (QED) is 0.444. The highest BCUT2D eigenvalue weighted by atomic mass is 19.1. The molecule has 0 bridgehead atoms. The minimum atomic E-state index is -1.52. The molecule has 11 nitrogen and oxygen atoms in total. The Balaban J connectivity index is 1.17. The van der Waals surface area contributed by atoms with Gasteiger partial charge in [-0.15, -0.1) is 0 Å². The second kappa shape index (κ2) is 8.45. The Morgan fingerprint density at radius 2 is 2.20 bits per heavy atom. The zero-order chi connectivity index (χ0) is 24.2. The van der Waals surface area contributed by atoms with Gasteiger partial charge in [0.15, 0.2) is 23.9 Å². The molecule has 186 valence electrons. The fourth-order valence-corrected chi connectivity index (χ4v) is 4.28. The lowest BCUT2D eigenvalue weighted by Crippen LogP contribution is -2.39. The second-order valence-electron chi connectivity index (χ2n) is 9.85. The van der Waals surface area contributed by atoms with Gasteiger partial charge in [0.25, 0.3) is 0 Å². The third kappa shape index (κ3) is 4.55. The predicted octanol–water partition coefficient (Wildman–Crippen LogP) is 3.28. The van der Waals surface area contributed by atoms with Crippen molar-refractivity contribution in [3.05, 3.63) is 35.4 Å². The van der Waals surface area contributed by atoms with Crippen LogP contribution in [0.3, 0.4) is 0 Å². The number of aromatic nitrogens is 5. The highest BCUT2D eigenvalue weighted by Crippen LogP contribution is 2.40. The number of halogens is 1. The number of ether oxygens (including phenoxy) is 3. The molecule has 2 saturated carbocycles. The number of alkyl carbamates (subject to hydrolysis) is 1. The summed E-state index contributed by atoms with van der Waals surface area (Å²) in [5.41, 5.74) is 2.75. The number of anilines is 2. The van der Waals surface area contributed by atoms with E-state index >= 15 is 4.39 Å². The summed E-state index contributed by atoms with van der Waals surface area (Å²) in [6, 6.07) is 3.59. The van der Waals surface area contributed by atoms with Crippen LogP contribution >= 0.6 is 0 Å². The number of amides is 1. The Kier molecular flexibility index (Phi) is 5.37. The van der Waals surface area contributed by atoms with Gasteiger partial charge in [-0.25, -0.2) is 18.7 Å². The molecule has 0 spiro atoms.